The van der Waals surface area contributed by atoms with Gasteiger partial charge in [0.05, 0.1) is 0 Å². The van der Waals surface area contributed by atoms with Crippen LogP contribution in [-0.2, 0) is 9.53 Å². The minimum atomic E-state index is -0.326. The third-order valence-electron chi connectivity index (χ3n) is 3.48. The van der Waals surface area contributed by atoms with Gasteiger partial charge >= 0.3 is 0 Å². The molecule has 2 atom stereocenters. The average molecular weight is 261 g/mol. The Kier molecular flexibility index (Phi) is 2.92. The summed E-state index contributed by atoms with van der Waals surface area (Å²) in [6, 6.07) is 10.2. The molecule has 0 aliphatic carbocycles. The second kappa shape index (κ2) is 4.44. The molecule has 1 aromatic rings. The van der Waals surface area contributed by atoms with E-state index in [1.807, 2.05) is 35.4 Å². The van der Waals surface area contributed by atoms with Crippen molar-refractivity contribution in [1.29, 1.82) is 0 Å². The van der Waals surface area contributed by atoms with E-state index in [-0.39, 0.29) is 16.9 Å². The summed E-state index contributed by atoms with van der Waals surface area (Å²) in [5, 5.41) is 0. The number of ether oxygens (including phenoxy) is 1. The van der Waals surface area contributed by atoms with Crippen LogP contribution in [0.4, 0.5) is 0 Å². The molecular weight excluding hydrogens is 246 g/mol. The van der Waals surface area contributed by atoms with Crippen molar-refractivity contribution in [3.05, 3.63) is 42.6 Å². The SMILES string of the molecule is COC1C(=O)N2C=CCCC12Sc1ccccc1. The molecule has 2 heterocycles. The van der Waals surface area contributed by atoms with Crippen LogP contribution >= 0.6 is 11.8 Å². The molecule has 18 heavy (non-hydrogen) atoms. The number of hydrogen-bond acceptors (Lipinski definition) is 3. The molecule has 0 aromatic heterocycles. The van der Waals surface area contributed by atoms with Crippen LogP contribution in [0.3, 0.4) is 0 Å². The molecule has 2 unspecified atom stereocenters. The fourth-order valence-corrected chi connectivity index (χ4v) is 4.09. The standard InChI is InChI=1S/C14H15NO2S/c1-17-12-13(16)15-10-6-5-9-14(12,15)18-11-7-3-2-4-8-11/h2-4,6-8,10,12H,5,9H2,1H3. The lowest BCUT2D eigenvalue weighted by Crippen LogP contribution is -2.71. The number of β-lactam (4-membered cyclic amide) rings is 1. The van der Waals surface area contributed by atoms with Crippen molar-refractivity contribution in [1.82, 2.24) is 4.90 Å². The van der Waals surface area contributed by atoms with Crippen molar-refractivity contribution in [2.24, 2.45) is 0 Å². The fourth-order valence-electron chi connectivity index (χ4n) is 2.62. The molecule has 4 heteroatoms. The first kappa shape index (κ1) is 11.8. The van der Waals surface area contributed by atoms with E-state index < -0.39 is 0 Å². The van der Waals surface area contributed by atoms with Gasteiger partial charge in [-0.1, -0.05) is 36.0 Å². The summed E-state index contributed by atoms with van der Waals surface area (Å²) >= 11 is 1.73. The molecule has 3 rings (SSSR count). The molecule has 1 saturated heterocycles. The lowest BCUT2D eigenvalue weighted by Gasteiger charge is -2.56. The van der Waals surface area contributed by atoms with Gasteiger partial charge in [-0.3, -0.25) is 9.69 Å². The monoisotopic (exact) mass is 261 g/mol. The fraction of sp³-hybridized carbons (Fsp3) is 0.357. The van der Waals surface area contributed by atoms with E-state index in [0.717, 1.165) is 12.8 Å². The molecule has 0 N–H and O–H groups in total. The minimum Gasteiger partial charge on any atom is -0.368 e. The van der Waals surface area contributed by atoms with Crippen LogP contribution in [0, 0.1) is 0 Å². The minimum absolute atomic E-state index is 0.0666. The molecule has 3 nitrogen and oxygen atoms in total. The predicted octanol–water partition coefficient (Wildman–Crippen LogP) is 2.64. The predicted molar refractivity (Wildman–Crippen MR) is 71.0 cm³/mol. The van der Waals surface area contributed by atoms with Crippen LogP contribution in [0.15, 0.2) is 47.5 Å². The summed E-state index contributed by atoms with van der Waals surface area (Å²) in [7, 11) is 1.62. The van der Waals surface area contributed by atoms with Crippen LogP contribution in [0.1, 0.15) is 12.8 Å². The zero-order chi connectivity index (χ0) is 12.6. The van der Waals surface area contributed by atoms with Crippen LogP contribution in [0.25, 0.3) is 0 Å². The normalized spacial score (nSPS) is 29.9. The number of benzene rings is 1. The van der Waals surface area contributed by atoms with Gasteiger partial charge in [0.15, 0.2) is 6.10 Å². The highest BCUT2D eigenvalue weighted by molar-refractivity contribution is 8.00. The van der Waals surface area contributed by atoms with Gasteiger partial charge in [0.25, 0.3) is 5.91 Å². The van der Waals surface area contributed by atoms with Gasteiger partial charge < -0.3 is 4.74 Å². The summed E-state index contributed by atoms with van der Waals surface area (Å²) in [5.74, 6) is 0.0666. The largest absolute Gasteiger partial charge is 0.368 e. The maximum absolute atomic E-state index is 12.0. The highest BCUT2D eigenvalue weighted by atomic mass is 32.2. The number of carbonyl (C=O) groups excluding carboxylic acids is 1. The number of carbonyl (C=O) groups is 1. The summed E-state index contributed by atoms with van der Waals surface area (Å²) in [4.78, 5) is 14.7. The Morgan fingerprint density at radius 3 is 2.89 bits per heavy atom. The Balaban J connectivity index is 1.91. The van der Waals surface area contributed by atoms with Crippen molar-refractivity contribution < 1.29 is 9.53 Å². The van der Waals surface area contributed by atoms with Gasteiger partial charge in [-0.2, -0.15) is 0 Å². The van der Waals surface area contributed by atoms with E-state index in [0.29, 0.717) is 0 Å². The number of hydrogen-bond donors (Lipinski definition) is 0. The van der Waals surface area contributed by atoms with Gasteiger partial charge in [-0.25, -0.2) is 0 Å². The van der Waals surface area contributed by atoms with Gasteiger partial charge in [0.1, 0.15) is 4.87 Å². The molecule has 1 fully saturated rings. The summed E-state index contributed by atoms with van der Waals surface area (Å²) in [5.41, 5.74) is 0. The lowest BCUT2D eigenvalue weighted by atomic mass is 9.90. The first-order valence-electron chi connectivity index (χ1n) is 6.04. The molecule has 94 valence electrons. The number of methoxy groups -OCH3 is 1. The molecule has 1 aromatic carbocycles. The third-order valence-corrected chi connectivity index (χ3v) is 4.95. The van der Waals surface area contributed by atoms with Crippen LogP contribution < -0.4 is 0 Å². The van der Waals surface area contributed by atoms with E-state index in [1.54, 1.807) is 18.9 Å². The Bertz CT molecular complexity index is 488. The highest BCUT2D eigenvalue weighted by Crippen LogP contribution is 2.51. The molecule has 0 saturated carbocycles. The molecule has 0 spiro atoms. The number of fused-ring (bicyclic) bond motifs is 1. The number of rotatable bonds is 3. The third kappa shape index (κ3) is 1.60. The number of thioether (sulfide) groups is 1. The quantitative estimate of drug-likeness (QED) is 0.783. The average Bonchev–Trinajstić information content (AvgIpc) is 2.40. The van der Waals surface area contributed by atoms with Crippen LogP contribution in [0.2, 0.25) is 0 Å². The molecule has 1 amide bonds. The topological polar surface area (TPSA) is 29.5 Å². The zero-order valence-corrected chi connectivity index (χ0v) is 11.0. The maximum atomic E-state index is 12.0. The highest BCUT2D eigenvalue weighted by Gasteiger charge is 2.61. The maximum Gasteiger partial charge on any atom is 0.260 e. The molecule has 0 radical (unpaired) electrons. The number of nitrogens with zero attached hydrogens (tertiary/aromatic N) is 1. The van der Waals surface area contributed by atoms with E-state index in [4.69, 9.17) is 4.74 Å². The van der Waals surface area contributed by atoms with Gasteiger partial charge in [0, 0.05) is 18.2 Å². The zero-order valence-electron chi connectivity index (χ0n) is 10.2. The lowest BCUT2D eigenvalue weighted by molar-refractivity contribution is -0.169. The second-order valence-electron chi connectivity index (χ2n) is 4.51. The smallest absolute Gasteiger partial charge is 0.260 e. The van der Waals surface area contributed by atoms with E-state index in [1.165, 1.54) is 4.90 Å². The number of allylic oxidation sites excluding steroid dienone is 1. The van der Waals surface area contributed by atoms with Crippen molar-refractivity contribution in [2.75, 3.05) is 7.11 Å². The van der Waals surface area contributed by atoms with Crippen molar-refractivity contribution in [3.8, 4) is 0 Å². The first-order chi connectivity index (χ1) is 8.78. The van der Waals surface area contributed by atoms with Gasteiger partial charge in [0.2, 0.25) is 0 Å². The first-order valence-corrected chi connectivity index (χ1v) is 6.86. The summed E-state index contributed by atoms with van der Waals surface area (Å²) in [6.45, 7) is 0. The Hall–Kier alpha value is -1.26. The summed E-state index contributed by atoms with van der Waals surface area (Å²) in [6.07, 6.45) is 5.55. The Morgan fingerprint density at radius 1 is 1.39 bits per heavy atom. The van der Waals surface area contributed by atoms with E-state index in [9.17, 15) is 4.79 Å². The molecular formula is C14H15NO2S. The van der Waals surface area contributed by atoms with Crippen molar-refractivity contribution >= 4 is 17.7 Å². The second-order valence-corrected chi connectivity index (χ2v) is 5.89. The van der Waals surface area contributed by atoms with Gasteiger partial charge in [-0.05, 0) is 25.0 Å². The van der Waals surface area contributed by atoms with E-state index in [2.05, 4.69) is 12.1 Å². The van der Waals surface area contributed by atoms with Crippen molar-refractivity contribution in [2.45, 2.75) is 28.7 Å². The Morgan fingerprint density at radius 2 is 2.17 bits per heavy atom. The molecule has 2 aliphatic heterocycles. The van der Waals surface area contributed by atoms with E-state index >= 15 is 0 Å². The number of amides is 1. The van der Waals surface area contributed by atoms with Crippen LogP contribution in [-0.4, -0.2) is 28.9 Å². The molecule has 0 bridgehead atoms. The van der Waals surface area contributed by atoms with Crippen LogP contribution in [0.5, 0.6) is 0 Å². The molecule has 2 aliphatic rings. The Labute approximate surface area is 111 Å². The van der Waals surface area contributed by atoms with Gasteiger partial charge in [-0.15, -0.1) is 0 Å². The van der Waals surface area contributed by atoms with Crippen molar-refractivity contribution in [3.63, 3.8) is 0 Å². The summed E-state index contributed by atoms with van der Waals surface area (Å²) < 4.78 is 5.40.